The Morgan fingerprint density at radius 2 is 1.48 bits per heavy atom. The van der Waals surface area contributed by atoms with Crippen LogP contribution in [-0.2, 0) is 0 Å². The third-order valence-corrected chi connectivity index (χ3v) is 4.71. The highest BCUT2D eigenvalue weighted by Gasteiger charge is 2.17. The first-order chi connectivity index (χ1) is 13.2. The lowest BCUT2D eigenvalue weighted by atomic mass is 10.1. The smallest absolute Gasteiger partial charge is 0.255 e. The number of carbonyl (C=O) groups excluding carboxylic acids is 2. The minimum atomic E-state index is -0.201. The van der Waals surface area contributed by atoms with Crippen molar-refractivity contribution in [3.8, 4) is 5.75 Å². The fourth-order valence-electron chi connectivity index (χ4n) is 3.22. The number of carbonyl (C=O) groups is 2. The van der Waals surface area contributed by atoms with Gasteiger partial charge in [-0.3, -0.25) is 9.59 Å². The van der Waals surface area contributed by atoms with Gasteiger partial charge in [0.2, 0.25) is 0 Å². The van der Waals surface area contributed by atoms with Gasteiger partial charge in [-0.25, -0.2) is 0 Å². The molecule has 1 saturated heterocycles. The maximum atomic E-state index is 12.6. The van der Waals surface area contributed by atoms with Crippen molar-refractivity contribution in [3.63, 3.8) is 0 Å². The number of ether oxygens (including phenoxy) is 1. The van der Waals surface area contributed by atoms with Gasteiger partial charge in [0.15, 0.2) is 0 Å². The maximum Gasteiger partial charge on any atom is 0.255 e. The van der Waals surface area contributed by atoms with E-state index in [0.717, 1.165) is 31.7 Å². The zero-order chi connectivity index (χ0) is 19.1. The van der Waals surface area contributed by atoms with Gasteiger partial charge in [-0.05, 0) is 68.3 Å². The molecule has 5 heteroatoms. The van der Waals surface area contributed by atoms with E-state index in [1.165, 1.54) is 12.8 Å². The summed E-state index contributed by atoms with van der Waals surface area (Å²) >= 11 is 0. The SMILES string of the molecule is CCOc1ccc(NC(=O)c2ccc(C(=O)N3CCCCCC3)cc2)cc1. The molecular formula is C22H26N2O3. The van der Waals surface area contributed by atoms with E-state index in [1.54, 1.807) is 36.4 Å². The monoisotopic (exact) mass is 366 g/mol. The molecular weight excluding hydrogens is 340 g/mol. The van der Waals surface area contributed by atoms with E-state index in [9.17, 15) is 9.59 Å². The molecule has 1 aliphatic heterocycles. The lowest BCUT2D eigenvalue weighted by molar-refractivity contribution is 0.0761. The van der Waals surface area contributed by atoms with Crippen molar-refractivity contribution in [2.75, 3.05) is 25.0 Å². The van der Waals surface area contributed by atoms with Crippen LogP contribution in [0.4, 0.5) is 5.69 Å². The van der Waals surface area contributed by atoms with Crippen LogP contribution >= 0.6 is 0 Å². The Hall–Kier alpha value is -2.82. The summed E-state index contributed by atoms with van der Waals surface area (Å²) in [5, 5.41) is 2.86. The molecule has 2 aromatic carbocycles. The van der Waals surface area contributed by atoms with Crippen LogP contribution in [-0.4, -0.2) is 36.4 Å². The van der Waals surface area contributed by atoms with E-state index < -0.39 is 0 Å². The number of amides is 2. The minimum absolute atomic E-state index is 0.0513. The van der Waals surface area contributed by atoms with Gasteiger partial charge in [0.25, 0.3) is 11.8 Å². The normalized spacial score (nSPS) is 14.3. The highest BCUT2D eigenvalue weighted by molar-refractivity contribution is 6.05. The molecule has 0 bridgehead atoms. The van der Waals surface area contributed by atoms with E-state index in [0.29, 0.717) is 23.4 Å². The molecule has 0 aliphatic carbocycles. The zero-order valence-electron chi connectivity index (χ0n) is 15.7. The van der Waals surface area contributed by atoms with Gasteiger partial charge < -0.3 is 15.0 Å². The molecule has 1 N–H and O–H groups in total. The second-order valence-electron chi connectivity index (χ2n) is 6.70. The Morgan fingerprint density at radius 3 is 2.07 bits per heavy atom. The number of benzene rings is 2. The first kappa shape index (κ1) is 19.0. The summed E-state index contributed by atoms with van der Waals surface area (Å²) in [5.41, 5.74) is 1.86. The van der Waals surface area contributed by atoms with Crippen molar-refractivity contribution < 1.29 is 14.3 Å². The van der Waals surface area contributed by atoms with Crippen molar-refractivity contribution in [2.24, 2.45) is 0 Å². The average molecular weight is 366 g/mol. The third-order valence-electron chi connectivity index (χ3n) is 4.71. The van der Waals surface area contributed by atoms with Crippen LogP contribution in [0.25, 0.3) is 0 Å². The molecule has 0 saturated carbocycles. The van der Waals surface area contributed by atoms with Crippen LogP contribution < -0.4 is 10.1 Å². The summed E-state index contributed by atoms with van der Waals surface area (Å²) in [6.07, 6.45) is 4.51. The number of rotatable bonds is 5. The molecule has 1 aliphatic rings. The molecule has 142 valence electrons. The lowest BCUT2D eigenvalue weighted by Crippen LogP contribution is -2.31. The van der Waals surface area contributed by atoms with Crippen LogP contribution in [0.5, 0.6) is 5.75 Å². The lowest BCUT2D eigenvalue weighted by Gasteiger charge is -2.20. The Balaban J connectivity index is 1.62. The summed E-state index contributed by atoms with van der Waals surface area (Å²) in [6, 6.07) is 14.1. The minimum Gasteiger partial charge on any atom is -0.494 e. The van der Waals surface area contributed by atoms with Crippen molar-refractivity contribution in [1.82, 2.24) is 4.90 Å². The van der Waals surface area contributed by atoms with Crippen molar-refractivity contribution >= 4 is 17.5 Å². The molecule has 1 heterocycles. The van der Waals surface area contributed by atoms with E-state index in [-0.39, 0.29) is 11.8 Å². The molecule has 0 aromatic heterocycles. The third kappa shape index (κ3) is 5.09. The average Bonchev–Trinajstić information content (AvgIpc) is 2.99. The number of hydrogen-bond donors (Lipinski definition) is 1. The molecule has 0 radical (unpaired) electrons. The largest absolute Gasteiger partial charge is 0.494 e. The topological polar surface area (TPSA) is 58.6 Å². The van der Waals surface area contributed by atoms with E-state index >= 15 is 0 Å². The van der Waals surface area contributed by atoms with Gasteiger partial charge in [-0.15, -0.1) is 0 Å². The molecule has 3 rings (SSSR count). The molecule has 0 atom stereocenters. The van der Waals surface area contributed by atoms with E-state index in [4.69, 9.17) is 4.74 Å². The summed E-state index contributed by atoms with van der Waals surface area (Å²) < 4.78 is 5.40. The number of likely N-dealkylation sites (tertiary alicyclic amines) is 1. The fraction of sp³-hybridized carbons (Fsp3) is 0.364. The first-order valence-corrected chi connectivity index (χ1v) is 9.61. The maximum absolute atomic E-state index is 12.6. The Labute approximate surface area is 160 Å². The first-order valence-electron chi connectivity index (χ1n) is 9.61. The van der Waals surface area contributed by atoms with Crippen LogP contribution in [0.3, 0.4) is 0 Å². The van der Waals surface area contributed by atoms with Gasteiger partial charge in [-0.2, -0.15) is 0 Å². The van der Waals surface area contributed by atoms with Crippen molar-refractivity contribution in [1.29, 1.82) is 0 Å². The summed E-state index contributed by atoms with van der Waals surface area (Å²) in [4.78, 5) is 27.0. The van der Waals surface area contributed by atoms with Crippen LogP contribution in [0.15, 0.2) is 48.5 Å². The zero-order valence-corrected chi connectivity index (χ0v) is 15.7. The Morgan fingerprint density at radius 1 is 0.889 bits per heavy atom. The Kier molecular flexibility index (Phi) is 6.47. The van der Waals surface area contributed by atoms with Gasteiger partial charge in [-0.1, -0.05) is 12.8 Å². The summed E-state index contributed by atoms with van der Waals surface area (Å²) in [6.45, 7) is 4.17. The molecule has 27 heavy (non-hydrogen) atoms. The van der Waals surface area contributed by atoms with Gasteiger partial charge >= 0.3 is 0 Å². The van der Waals surface area contributed by atoms with Crippen LogP contribution in [0.1, 0.15) is 53.3 Å². The molecule has 2 amide bonds. The molecule has 2 aromatic rings. The fourth-order valence-corrected chi connectivity index (χ4v) is 3.22. The van der Waals surface area contributed by atoms with Crippen molar-refractivity contribution in [2.45, 2.75) is 32.6 Å². The number of anilines is 1. The molecule has 0 spiro atoms. The number of hydrogen-bond acceptors (Lipinski definition) is 3. The predicted octanol–water partition coefficient (Wildman–Crippen LogP) is 4.35. The predicted molar refractivity (Wildman–Crippen MR) is 106 cm³/mol. The van der Waals surface area contributed by atoms with E-state index in [2.05, 4.69) is 5.32 Å². The number of nitrogens with zero attached hydrogens (tertiary/aromatic N) is 1. The van der Waals surface area contributed by atoms with Gasteiger partial charge in [0, 0.05) is 29.9 Å². The molecule has 5 nitrogen and oxygen atoms in total. The van der Waals surface area contributed by atoms with Crippen molar-refractivity contribution in [3.05, 3.63) is 59.7 Å². The standard InChI is InChI=1S/C22H26N2O3/c1-2-27-20-13-11-19(12-14-20)23-21(25)17-7-9-18(10-8-17)22(26)24-15-5-3-4-6-16-24/h7-14H,2-6,15-16H2,1H3,(H,23,25). The second-order valence-corrected chi connectivity index (χ2v) is 6.70. The second kappa shape index (κ2) is 9.21. The quantitative estimate of drug-likeness (QED) is 0.856. The Bertz CT molecular complexity index is 761. The highest BCUT2D eigenvalue weighted by atomic mass is 16.5. The molecule has 1 fully saturated rings. The van der Waals surface area contributed by atoms with Gasteiger partial charge in [0.1, 0.15) is 5.75 Å². The van der Waals surface area contributed by atoms with Gasteiger partial charge in [0.05, 0.1) is 6.61 Å². The summed E-state index contributed by atoms with van der Waals surface area (Å²) in [7, 11) is 0. The van der Waals surface area contributed by atoms with Crippen LogP contribution in [0, 0.1) is 0 Å². The summed E-state index contributed by atoms with van der Waals surface area (Å²) in [5.74, 6) is 0.621. The van der Waals surface area contributed by atoms with Crippen LogP contribution in [0.2, 0.25) is 0 Å². The van der Waals surface area contributed by atoms with E-state index in [1.807, 2.05) is 24.0 Å². The number of nitrogens with one attached hydrogen (secondary N) is 1. The molecule has 0 unspecified atom stereocenters. The highest BCUT2D eigenvalue weighted by Crippen LogP contribution is 2.17.